The van der Waals surface area contributed by atoms with Crippen LogP contribution in [0.1, 0.15) is 52.1 Å². The molecule has 1 saturated heterocycles. The van der Waals surface area contributed by atoms with Gasteiger partial charge in [-0.1, -0.05) is 0 Å². The molecule has 1 aliphatic rings. The maximum Gasteiger partial charge on any atom is 0.410 e. The van der Waals surface area contributed by atoms with Gasteiger partial charge in [-0.25, -0.2) is 4.79 Å². The minimum Gasteiger partial charge on any atom is -0.444 e. The molecule has 2 atom stereocenters. The van der Waals surface area contributed by atoms with Crippen LogP contribution in [0.5, 0.6) is 0 Å². The lowest BCUT2D eigenvalue weighted by atomic mass is 10.0. The number of ether oxygens (including phenoxy) is 1. The van der Waals surface area contributed by atoms with Crippen molar-refractivity contribution in [2.45, 2.75) is 58.2 Å². The molecule has 6 heteroatoms. The summed E-state index contributed by atoms with van der Waals surface area (Å²) < 4.78 is 7.27. The first-order valence-corrected chi connectivity index (χ1v) is 7.97. The molecule has 2 rings (SSSR count). The van der Waals surface area contributed by atoms with Crippen molar-refractivity contribution in [3.8, 4) is 0 Å². The number of aryl methyl sites for hydroxylation is 1. The monoisotopic (exact) mass is 308 g/mol. The number of carbonyl (C=O) groups is 1. The van der Waals surface area contributed by atoms with E-state index in [9.17, 15) is 4.79 Å². The van der Waals surface area contributed by atoms with Gasteiger partial charge in [0.25, 0.3) is 0 Å². The minimum absolute atomic E-state index is 0.215. The van der Waals surface area contributed by atoms with E-state index in [2.05, 4.69) is 17.3 Å². The Morgan fingerprint density at radius 1 is 1.50 bits per heavy atom. The third-order valence-electron chi connectivity index (χ3n) is 3.78. The van der Waals surface area contributed by atoms with E-state index < -0.39 is 5.60 Å². The van der Waals surface area contributed by atoms with Gasteiger partial charge in [-0.15, -0.1) is 0 Å². The second kappa shape index (κ2) is 6.69. The molecule has 1 aromatic rings. The zero-order valence-electron chi connectivity index (χ0n) is 14.3. The Morgan fingerprint density at radius 3 is 2.82 bits per heavy atom. The molecular formula is C16H28N4O2. The molecule has 0 aliphatic carbocycles. The SMILES string of the molecule is CC(NC1CCCN(C(=O)OC(C)(C)C)C1)c1cnn(C)c1. The predicted octanol–water partition coefficient (Wildman–Crippen LogP) is 2.47. The Balaban J connectivity index is 1.89. The smallest absolute Gasteiger partial charge is 0.410 e. The summed E-state index contributed by atoms with van der Waals surface area (Å²) in [6.07, 6.45) is 5.76. The topological polar surface area (TPSA) is 59.4 Å². The highest BCUT2D eigenvalue weighted by Gasteiger charge is 2.28. The number of rotatable bonds is 3. The van der Waals surface area contributed by atoms with Crippen LogP contribution >= 0.6 is 0 Å². The van der Waals surface area contributed by atoms with Gasteiger partial charge in [0.15, 0.2) is 0 Å². The fourth-order valence-corrected chi connectivity index (χ4v) is 2.72. The van der Waals surface area contributed by atoms with Gasteiger partial charge in [0, 0.05) is 44.0 Å². The van der Waals surface area contributed by atoms with Crippen LogP contribution < -0.4 is 5.32 Å². The Kier molecular flexibility index (Phi) is 5.11. The molecule has 1 aliphatic heterocycles. The molecule has 0 aromatic carbocycles. The average molecular weight is 308 g/mol. The van der Waals surface area contributed by atoms with Crippen LogP contribution in [0.2, 0.25) is 0 Å². The van der Waals surface area contributed by atoms with Gasteiger partial charge in [-0.3, -0.25) is 4.68 Å². The molecule has 22 heavy (non-hydrogen) atoms. The van der Waals surface area contributed by atoms with E-state index in [1.165, 1.54) is 0 Å². The summed E-state index contributed by atoms with van der Waals surface area (Å²) >= 11 is 0. The van der Waals surface area contributed by atoms with Crippen LogP contribution in [-0.4, -0.2) is 45.5 Å². The summed E-state index contributed by atoms with van der Waals surface area (Å²) in [4.78, 5) is 14.0. The zero-order chi connectivity index (χ0) is 16.3. The van der Waals surface area contributed by atoms with E-state index in [0.717, 1.165) is 24.9 Å². The van der Waals surface area contributed by atoms with Gasteiger partial charge in [-0.2, -0.15) is 5.10 Å². The number of carbonyl (C=O) groups excluding carboxylic acids is 1. The highest BCUT2D eigenvalue weighted by Crippen LogP contribution is 2.18. The molecule has 6 nitrogen and oxygen atoms in total. The molecule has 2 unspecified atom stereocenters. The van der Waals surface area contributed by atoms with Crippen LogP contribution in [0, 0.1) is 0 Å². The summed E-state index contributed by atoms with van der Waals surface area (Å²) in [5.41, 5.74) is 0.720. The van der Waals surface area contributed by atoms with Gasteiger partial charge in [0.2, 0.25) is 0 Å². The molecular weight excluding hydrogens is 280 g/mol. The third-order valence-corrected chi connectivity index (χ3v) is 3.78. The Hall–Kier alpha value is -1.56. The molecule has 124 valence electrons. The highest BCUT2D eigenvalue weighted by molar-refractivity contribution is 5.68. The number of likely N-dealkylation sites (tertiary alicyclic amines) is 1. The molecule has 0 saturated carbocycles. The fourth-order valence-electron chi connectivity index (χ4n) is 2.72. The molecule has 1 N–H and O–H groups in total. The second-order valence-corrected chi connectivity index (χ2v) is 7.10. The quantitative estimate of drug-likeness (QED) is 0.932. The van der Waals surface area contributed by atoms with Gasteiger partial charge in [-0.05, 0) is 40.5 Å². The van der Waals surface area contributed by atoms with Crippen LogP contribution in [-0.2, 0) is 11.8 Å². The summed E-state index contributed by atoms with van der Waals surface area (Å²) in [7, 11) is 1.92. The maximum absolute atomic E-state index is 12.2. The van der Waals surface area contributed by atoms with Gasteiger partial charge in [0.05, 0.1) is 6.20 Å². The maximum atomic E-state index is 12.2. The number of amides is 1. The summed E-state index contributed by atoms with van der Waals surface area (Å²) in [6.45, 7) is 9.29. The van der Waals surface area contributed by atoms with E-state index >= 15 is 0 Å². The highest BCUT2D eigenvalue weighted by atomic mass is 16.6. The van der Waals surface area contributed by atoms with Crippen molar-refractivity contribution in [1.82, 2.24) is 20.0 Å². The van der Waals surface area contributed by atoms with Crippen molar-refractivity contribution >= 4 is 6.09 Å². The summed E-state index contributed by atoms with van der Waals surface area (Å²) in [6, 6.07) is 0.508. The third kappa shape index (κ3) is 4.73. The Bertz CT molecular complexity index is 506. The van der Waals surface area contributed by atoms with Crippen molar-refractivity contribution in [2.24, 2.45) is 7.05 Å². The minimum atomic E-state index is -0.444. The first-order chi connectivity index (χ1) is 10.2. The molecule has 1 fully saturated rings. The summed E-state index contributed by atoms with van der Waals surface area (Å²) in [5.74, 6) is 0. The number of nitrogens with zero attached hydrogens (tertiary/aromatic N) is 3. The van der Waals surface area contributed by atoms with Crippen molar-refractivity contribution in [2.75, 3.05) is 13.1 Å². The first-order valence-electron chi connectivity index (χ1n) is 7.97. The molecule has 0 radical (unpaired) electrons. The number of piperidine rings is 1. The van der Waals surface area contributed by atoms with E-state index in [-0.39, 0.29) is 18.2 Å². The van der Waals surface area contributed by atoms with Crippen LogP contribution in [0.15, 0.2) is 12.4 Å². The van der Waals surface area contributed by atoms with Gasteiger partial charge >= 0.3 is 6.09 Å². The molecule has 0 bridgehead atoms. The van der Waals surface area contributed by atoms with E-state index in [1.807, 2.05) is 45.1 Å². The summed E-state index contributed by atoms with van der Waals surface area (Å²) in [5, 5.41) is 7.80. The second-order valence-electron chi connectivity index (χ2n) is 7.10. The number of aromatic nitrogens is 2. The predicted molar refractivity (Wildman–Crippen MR) is 85.6 cm³/mol. The zero-order valence-corrected chi connectivity index (χ0v) is 14.3. The molecule has 1 amide bonds. The fraction of sp³-hybridized carbons (Fsp3) is 0.750. The first kappa shape index (κ1) is 16.8. The van der Waals surface area contributed by atoms with Crippen molar-refractivity contribution in [1.29, 1.82) is 0 Å². The van der Waals surface area contributed by atoms with E-state index in [0.29, 0.717) is 6.54 Å². The largest absolute Gasteiger partial charge is 0.444 e. The molecule has 0 spiro atoms. The van der Waals surface area contributed by atoms with E-state index in [4.69, 9.17) is 4.74 Å². The number of hydrogen-bond acceptors (Lipinski definition) is 4. The van der Waals surface area contributed by atoms with E-state index in [1.54, 1.807) is 4.68 Å². The lowest BCUT2D eigenvalue weighted by Crippen LogP contribution is -2.49. The number of nitrogens with one attached hydrogen (secondary N) is 1. The van der Waals surface area contributed by atoms with Crippen LogP contribution in [0.4, 0.5) is 4.79 Å². The molecule has 2 heterocycles. The van der Waals surface area contributed by atoms with Gasteiger partial charge in [0.1, 0.15) is 5.60 Å². The van der Waals surface area contributed by atoms with Crippen molar-refractivity contribution in [3.05, 3.63) is 18.0 Å². The Labute approximate surface area is 132 Å². The average Bonchev–Trinajstić information content (AvgIpc) is 2.84. The lowest BCUT2D eigenvalue weighted by molar-refractivity contribution is 0.0184. The van der Waals surface area contributed by atoms with Crippen molar-refractivity contribution in [3.63, 3.8) is 0 Å². The van der Waals surface area contributed by atoms with Crippen LogP contribution in [0.3, 0.4) is 0 Å². The molecule has 1 aromatic heterocycles. The van der Waals surface area contributed by atoms with Gasteiger partial charge < -0.3 is 15.0 Å². The normalized spacial score (nSPS) is 20.8. The Morgan fingerprint density at radius 2 is 2.23 bits per heavy atom. The lowest BCUT2D eigenvalue weighted by Gasteiger charge is -2.35. The number of hydrogen-bond donors (Lipinski definition) is 1. The van der Waals surface area contributed by atoms with Crippen molar-refractivity contribution < 1.29 is 9.53 Å². The van der Waals surface area contributed by atoms with Crippen LogP contribution in [0.25, 0.3) is 0 Å². The standard InChI is InChI=1S/C16H28N4O2/c1-12(13-9-17-19(5)10-13)18-14-7-6-8-20(11-14)15(21)22-16(2,3)4/h9-10,12,14,18H,6-8,11H2,1-5H3.